The Labute approximate surface area is 121 Å². The molecule has 1 aliphatic heterocycles. The van der Waals surface area contributed by atoms with Crippen LogP contribution in [-0.4, -0.2) is 26.0 Å². The van der Waals surface area contributed by atoms with E-state index in [-0.39, 0.29) is 11.3 Å². The Hall–Kier alpha value is -2.56. The van der Waals surface area contributed by atoms with Crippen LogP contribution in [0.15, 0.2) is 36.4 Å². The van der Waals surface area contributed by atoms with Gasteiger partial charge < -0.3 is 14.8 Å². The highest BCUT2D eigenvalue weighted by Crippen LogP contribution is 2.34. The molecule has 0 saturated carbocycles. The second kappa shape index (κ2) is 5.44. The van der Waals surface area contributed by atoms with E-state index in [2.05, 4.69) is 5.32 Å². The summed E-state index contributed by atoms with van der Waals surface area (Å²) >= 11 is 0. The Morgan fingerprint density at radius 2 is 2.14 bits per heavy atom. The third kappa shape index (κ3) is 2.42. The van der Waals surface area contributed by atoms with Crippen molar-refractivity contribution < 1.29 is 18.7 Å². The van der Waals surface area contributed by atoms with Gasteiger partial charge in [-0.05, 0) is 30.3 Å². The lowest BCUT2D eigenvalue weighted by molar-refractivity contribution is 0.103. The molecule has 3 rings (SSSR count). The molecule has 1 aliphatic rings. The Morgan fingerprint density at radius 3 is 2.95 bits per heavy atom. The van der Waals surface area contributed by atoms with Gasteiger partial charge in [-0.25, -0.2) is 4.39 Å². The van der Waals surface area contributed by atoms with Crippen molar-refractivity contribution in [3.8, 4) is 11.5 Å². The van der Waals surface area contributed by atoms with Crippen LogP contribution in [0.2, 0.25) is 0 Å². The molecule has 0 fully saturated rings. The number of carbonyl (C=O) groups is 1. The summed E-state index contributed by atoms with van der Waals surface area (Å²) in [5.41, 5.74) is 1.34. The summed E-state index contributed by atoms with van der Waals surface area (Å²) in [6, 6.07) is 9.15. The fraction of sp³-hybridized carbons (Fsp3) is 0.188. The summed E-state index contributed by atoms with van der Waals surface area (Å²) < 4.78 is 24.2. The van der Waals surface area contributed by atoms with Crippen molar-refractivity contribution >= 4 is 11.5 Å². The second-order valence-corrected chi connectivity index (χ2v) is 4.63. The van der Waals surface area contributed by atoms with Gasteiger partial charge in [-0.2, -0.15) is 0 Å². The molecule has 2 aromatic carbocycles. The summed E-state index contributed by atoms with van der Waals surface area (Å²) in [4.78, 5) is 12.7. The number of anilines is 1. The third-order valence-corrected chi connectivity index (χ3v) is 3.33. The van der Waals surface area contributed by atoms with Gasteiger partial charge in [-0.1, -0.05) is 6.07 Å². The maximum absolute atomic E-state index is 13.4. The smallest absolute Gasteiger partial charge is 0.200 e. The predicted molar refractivity (Wildman–Crippen MR) is 76.8 cm³/mol. The molecule has 5 heteroatoms. The number of fused-ring (bicyclic) bond motifs is 1. The van der Waals surface area contributed by atoms with Gasteiger partial charge in [0.05, 0.1) is 23.9 Å². The minimum Gasteiger partial charge on any atom is -0.496 e. The van der Waals surface area contributed by atoms with Crippen LogP contribution < -0.4 is 14.8 Å². The molecule has 108 valence electrons. The Balaban J connectivity index is 2.09. The molecular formula is C16H14FNO3. The lowest BCUT2D eigenvalue weighted by Gasteiger charge is -2.21. The number of halogens is 1. The van der Waals surface area contributed by atoms with Crippen molar-refractivity contribution in [1.82, 2.24) is 0 Å². The predicted octanol–water partition coefficient (Wildman–Crippen LogP) is 2.87. The summed E-state index contributed by atoms with van der Waals surface area (Å²) in [7, 11) is 1.45. The maximum Gasteiger partial charge on any atom is 0.200 e. The molecule has 4 nitrogen and oxygen atoms in total. The number of ether oxygens (including phenoxy) is 2. The Kier molecular flexibility index (Phi) is 3.48. The second-order valence-electron chi connectivity index (χ2n) is 4.63. The molecule has 1 heterocycles. The van der Waals surface area contributed by atoms with E-state index in [0.717, 1.165) is 5.69 Å². The number of nitrogens with one attached hydrogen (secondary N) is 1. The van der Waals surface area contributed by atoms with Crippen LogP contribution in [-0.2, 0) is 0 Å². The quantitative estimate of drug-likeness (QED) is 0.882. The highest BCUT2D eigenvalue weighted by molar-refractivity contribution is 6.13. The number of methoxy groups -OCH3 is 1. The number of rotatable bonds is 3. The highest BCUT2D eigenvalue weighted by Gasteiger charge is 2.22. The van der Waals surface area contributed by atoms with Crippen LogP contribution in [0.5, 0.6) is 11.5 Å². The fourth-order valence-corrected chi connectivity index (χ4v) is 2.35. The van der Waals surface area contributed by atoms with Crippen molar-refractivity contribution in [1.29, 1.82) is 0 Å². The van der Waals surface area contributed by atoms with Gasteiger partial charge in [-0.3, -0.25) is 4.79 Å². The Bertz CT molecular complexity index is 700. The number of para-hydroxylation sites is 1. The molecule has 0 spiro atoms. The monoisotopic (exact) mass is 287 g/mol. The zero-order chi connectivity index (χ0) is 14.8. The molecule has 21 heavy (non-hydrogen) atoms. The molecule has 0 saturated heterocycles. The van der Waals surface area contributed by atoms with Gasteiger partial charge >= 0.3 is 0 Å². The fourth-order valence-electron chi connectivity index (χ4n) is 2.35. The van der Waals surface area contributed by atoms with E-state index in [0.29, 0.717) is 30.2 Å². The zero-order valence-corrected chi connectivity index (χ0v) is 11.5. The summed E-state index contributed by atoms with van der Waals surface area (Å²) in [6.45, 7) is 1.17. The molecule has 0 bridgehead atoms. The molecule has 0 aromatic heterocycles. The maximum atomic E-state index is 13.4. The van der Waals surface area contributed by atoms with E-state index < -0.39 is 5.82 Å². The Morgan fingerprint density at radius 1 is 1.29 bits per heavy atom. The highest BCUT2D eigenvalue weighted by atomic mass is 19.1. The van der Waals surface area contributed by atoms with E-state index in [1.807, 2.05) is 6.07 Å². The summed E-state index contributed by atoms with van der Waals surface area (Å²) in [5.74, 6) is 0.0257. The number of benzene rings is 2. The lowest BCUT2D eigenvalue weighted by Crippen LogP contribution is -2.20. The van der Waals surface area contributed by atoms with Gasteiger partial charge in [0.25, 0.3) is 0 Å². The third-order valence-electron chi connectivity index (χ3n) is 3.33. The van der Waals surface area contributed by atoms with E-state index in [1.54, 1.807) is 12.1 Å². The van der Waals surface area contributed by atoms with E-state index >= 15 is 0 Å². The zero-order valence-electron chi connectivity index (χ0n) is 11.5. The van der Waals surface area contributed by atoms with Gasteiger partial charge in [0.2, 0.25) is 5.78 Å². The standard InChI is InChI=1S/C16H14FNO3/c1-20-14-6-5-10(17)9-12(14)15(19)11-3-2-4-13-16(11)21-8-7-18-13/h2-6,9,18H,7-8H2,1H3. The van der Waals surface area contributed by atoms with E-state index in [4.69, 9.17) is 9.47 Å². The van der Waals surface area contributed by atoms with Crippen molar-refractivity contribution in [3.05, 3.63) is 53.3 Å². The molecule has 0 radical (unpaired) electrons. The largest absolute Gasteiger partial charge is 0.496 e. The van der Waals surface area contributed by atoms with E-state index in [1.165, 1.54) is 25.3 Å². The minimum atomic E-state index is -0.483. The number of hydrogen-bond acceptors (Lipinski definition) is 4. The first-order chi connectivity index (χ1) is 10.2. The van der Waals surface area contributed by atoms with Crippen molar-refractivity contribution in [2.45, 2.75) is 0 Å². The van der Waals surface area contributed by atoms with Crippen LogP contribution in [0.3, 0.4) is 0 Å². The van der Waals surface area contributed by atoms with Gasteiger partial charge in [0, 0.05) is 6.54 Å². The molecule has 0 atom stereocenters. The van der Waals surface area contributed by atoms with E-state index in [9.17, 15) is 9.18 Å². The van der Waals surface area contributed by atoms with Crippen molar-refractivity contribution in [2.24, 2.45) is 0 Å². The first kappa shape index (κ1) is 13.4. The molecule has 0 unspecified atom stereocenters. The molecule has 0 aliphatic carbocycles. The topological polar surface area (TPSA) is 47.6 Å². The number of ketones is 1. The van der Waals surface area contributed by atoms with Crippen molar-refractivity contribution in [2.75, 3.05) is 25.6 Å². The minimum absolute atomic E-state index is 0.181. The van der Waals surface area contributed by atoms with Gasteiger partial charge in [0.15, 0.2) is 5.75 Å². The number of hydrogen-bond donors (Lipinski definition) is 1. The number of carbonyl (C=O) groups excluding carboxylic acids is 1. The van der Waals surface area contributed by atoms with Crippen LogP contribution >= 0.6 is 0 Å². The molecule has 1 N–H and O–H groups in total. The van der Waals surface area contributed by atoms with Crippen LogP contribution in [0.25, 0.3) is 0 Å². The van der Waals surface area contributed by atoms with Crippen molar-refractivity contribution in [3.63, 3.8) is 0 Å². The molecule has 0 amide bonds. The normalized spacial score (nSPS) is 12.9. The summed E-state index contributed by atoms with van der Waals surface area (Å²) in [5, 5.41) is 3.17. The van der Waals surface area contributed by atoms with Gasteiger partial charge in [-0.15, -0.1) is 0 Å². The molecular weight excluding hydrogens is 273 g/mol. The first-order valence-electron chi connectivity index (χ1n) is 6.58. The lowest BCUT2D eigenvalue weighted by atomic mass is 10.00. The molecule has 2 aromatic rings. The summed E-state index contributed by atoms with van der Waals surface area (Å²) in [6.07, 6.45) is 0. The van der Waals surface area contributed by atoms with Crippen LogP contribution in [0.1, 0.15) is 15.9 Å². The first-order valence-corrected chi connectivity index (χ1v) is 6.58. The van der Waals surface area contributed by atoms with Crippen LogP contribution in [0.4, 0.5) is 10.1 Å². The average molecular weight is 287 g/mol. The van der Waals surface area contributed by atoms with Crippen LogP contribution in [0, 0.1) is 5.82 Å². The SMILES string of the molecule is COc1ccc(F)cc1C(=O)c1cccc2c1OCCN2. The average Bonchev–Trinajstić information content (AvgIpc) is 2.53. The van der Waals surface area contributed by atoms with Gasteiger partial charge in [0.1, 0.15) is 18.2 Å².